The lowest BCUT2D eigenvalue weighted by Gasteiger charge is -2.18. The molecule has 1 unspecified atom stereocenters. The van der Waals surface area contributed by atoms with Crippen LogP contribution in [0.15, 0.2) is 18.2 Å². The van der Waals surface area contributed by atoms with Gasteiger partial charge in [0.1, 0.15) is 0 Å². The van der Waals surface area contributed by atoms with Gasteiger partial charge in [0.25, 0.3) is 0 Å². The van der Waals surface area contributed by atoms with Crippen molar-refractivity contribution in [1.82, 2.24) is 4.90 Å². The van der Waals surface area contributed by atoms with Crippen LogP contribution in [0.1, 0.15) is 18.4 Å². The SMILES string of the molecule is COc1cccc(CCC(=O)N2CCC(F)(C(=O)O)C2)c1F. The van der Waals surface area contributed by atoms with Gasteiger partial charge in [0, 0.05) is 19.4 Å². The summed E-state index contributed by atoms with van der Waals surface area (Å²) in [6.45, 7) is -0.399. The molecular formula is C15H17F2NO4. The van der Waals surface area contributed by atoms with Crippen LogP contribution in [0, 0.1) is 5.82 Å². The van der Waals surface area contributed by atoms with Gasteiger partial charge < -0.3 is 14.7 Å². The van der Waals surface area contributed by atoms with E-state index in [0.717, 1.165) is 0 Å². The maximum absolute atomic E-state index is 13.9. The highest BCUT2D eigenvalue weighted by Gasteiger charge is 2.46. The molecule has 1 N–H and O–H groups in total. The third-order valence-electron chi connectivity index (χ3n) is 3.83. The molecule has 5 nitrogen and oxygen atoms in total. The van der Waals surface area contributed by atoms with E-state index in [1.807, 2.05) is 0 Å². The smallest absolute Gasteiger partial charge is 0.343 e. The largest absolute Gasteiger partial charge is 0.494 e. The molecule has 1 aliphatic heterocycles. The van der Waals surface area contributed by atoms with Crippen molar-refractivity contribution in [3.05, 3.63) is 29.6 Å². The second-order valence-electron chi connectivity index (χ2n) is 5.27. The molecule has 2 rings (SSSR count). The number of likely N-dealkylation sites (tertiary alicyclic amines) is 1. The summed E-state index contributed by atoms with van der Waals surface area (Å²) in [5.74, 6) is -2.37. The van der Waals surface area contributed by atoms with Crippen molar-refractivity contribution in [2.75, 3.05) is 20.2 Å². The minimum atomic E-state index is -2.38. The number of hydrogen-bond donors (Lipinski definition) is 1. The van der Waals surface area contributed by atoms with Crippen molar-refractivity contribution in [2.45, 2.75) is 24.9 Å². The van der Waals surface area contributed by atoms with Gasteiger partial charge in [0.15, 0.2) is 11.6 Å². The normalized spacial score (nSPS) is 21.0. The molecule has 1 saturated heterocycles. The van der Waals surface area contributed by atoms with Crippen molar-refractivity contribution in [3.63, 3.8) is 0 Å². The lowest BCUT2D eigenvalue weighted by atomic mass is 10.1. The van der Waals surface area contributed by atoms with E-state index in [1.165, 1.54) is 18.1 Å². The fourth-order valence-electron chi connectivity index (χ4n) is 2.47. The second-order valence-corrected chi connectivity index (χ2v) is 5.27. The van der Waals surface area contributed by atoms with Crippen LogP contribution >= 0.6 is 0 Å². The number of halogens is 2. The van der Waals surface area contributed by atoms with Gasteiger partial charge in [-0.3, -0.25) is 4.79 Å². The van der Waals surface area contributed by atoms with Crippen LogP contribution in [0.5, 0.6) is 5.75 Å². The third-order valence-corrected chi connectivity index (χ3v) is 3.83. The van der Waals surface area contributed by atoms with Gasteiger partial charge in [0.05, 0.1) is 13.7 Å². The molecule has 1 amide bonds. The second kappa shape index (κ2) is 6.29. The molecule has 1 aromatic carbocycles. The van der Waals surface area contributed by atoms with Crippen LogP contribution < -0.4 is 4.74 Å². The molecule has 0 spiro atoms. The molecule has 1 fully saturated rings. The van der Waals surface area contributed by atoms with E-state index >= 15 is 0 Å². The molecule has 0 aliphatic carbocycles. The number of carboxylic acid groups (broad SMARTS) is 1. The molecule has 0 radical (unpaired) electrons. The third kappa shape index (κ3) is 3.18. The Morgan fingerprint density at radius 1 is 1.45 bits per heavy atom. The first kappa shape index (κ1) is 16.2. The molecule has 1 aliphatic rings. The van der Waals surface area contributed by atoms with Crippen molar-refractivity contribution >= 4 is 11.9 Å². The summed E-state index contributed by atoms with van der Waals surface area (Å²) >= 11 is 0. The Morgan fingerprint density at radius 2 is 2.18 bits per heavy atom. The number of hydrogen-bond acceptors (Lipinski definition) is 3. The number of alkyl halides is 1. The molecular weight excluding hydrogens is 296 g/mol. The zero-order valence-electron chi connectivity index (χ0n) is 12.1. The molecule has 1 atom stereocenters. The number of ether oxygens (including phenoxy) is 1. The van der Waals surface area contributed by atoms with Crippen LogP contribution in [-0.2, 0) is 16.0 Å². The van der Waals surface area contributed by atoms with E-state index in [4.69, 9.17) is 9.84 Å². The predicted molar refractivity (Wildman–Crippen MR) is 73.9 cm³/mol. The number of carbonyl (C=O) groups is 2. The minimum Gasteiger partial charge on any atom is -0.494 e. The van der Waals surface area contributed by atoms with Crippen LogP contribution in [0.2, 0.25) is 0 Å². The van der Waals surface area contributed by atoms with E-state index in [-0.39, 0.29) is 37.5 Å². The Labute approximate surface area is 126 Å². The number of methoxy groups -OCH3 is 1. The number of amides is 1. The monoisotopic (exact) mass is 313 g/mol. The highest BCUT2D eigenvalue weighted by atomic mass is 19.1. The fourth-order valence-corrected chi connectivity index (χ4v) is 2.47. The summed E-state index contributed by atoms with van der Waals surface area (Å²) in [6, 6.07) is 4.64. The zero-order valence-corrected chi connectivity index (χ0v) is 12.1. The molecule has 0 saturated carbocycles. The van der Waals surface area contributed by atoms with Gasteiger partial charge >= 0.3 is 5.97 Å². The van der Waals surface area contributed by atoms with Crippen molar-refractivity contribution in [2.24, 2.45) is 0 Å². The first-order valence-corrected chi connectivity index (χ1v) is 6.89. The number of carbonyl (C=O) groups excluding carboxylic acids is 1. The Balaban J connectivity index is 1.96. The summed E-state index contributed by atoms with van der Waals surface area (Å²) < 4.78 is 32.7. The van der Waals surface area contributed by atoms with E-state index in [9.17, 15) is 18.4 Å². The number of nitrogens with zero attached hydrogens (tertiary/aromatic N) is 1. The zero-order chi connectivity index (χ0) is 16.3. The van der Waals surface area contributed by atoms with Gasteiger partial charge in [-0.25, -0.2) is 13.6 Å². The molecule has 120 valence electrons. The van der Waals surface area contributed by atoms with E-state index in [0.29, 0.717) is 5.56 Å². The van der Waals surface area contributed by atoms with Gasteiger partial charge in [-0.1, -0.05) is 12.1 Å². The summed E-state index contributed by atoms with van der Waals surface area (Å²) in [7, 11) is 1.35. The Kier molecular flexibility index (Phi) is 4.63. The number of benzene rings is 1. The van der Waals surface area contributed by atoms with Crippen LogP contribution in [0.25, 0.3) is 0 Å². The number of rotatable bonds is 5. The standard InChI is InChI=1S/C15H17F2NO4/c1-22-11-4-2-3-10(13(11)16)5-6-12(19)18-8-7-15(17,9-18)14(20)21/h2-4H,5-9H2,1H3,(H,20,21). The van der Waals surface area contributed by atoms with Gasteiger partial charge in [-0.15, -0.1) is 0 Å². The molecule has 22 heavy (non-hydrogen) atoms. The van der Waals surface area contributed by atoms with Gasteiger partial charge in [-0.2, -0.15) is 0 Å². The molecule has 0 bridgehead atoms. The van der Waals surface area contributed by atoms with Gasteiger partial charge in [-0.05, 0) is 18.1 Å². The highest BCUT2D eigenvalue weighted by molar-refractivity contribution is 5.82. The summed E-state index contributed by atoms with van der Waals surface area (Å²) in [5, 5.41) is 8.80. The molecule has 0 aromatic heterocycles. The van der Waals surface area contributed by atoms with Gasteiger partial charge in [0.2, 0.25) is 11.6 Å². The first-order valence-electron chi connectivity index (χ1n) is 6.89. The topological polar surface area (TPSA) is 66.8 Å². The van der Waals surface area contributed by atoms with E-state index in [2.05, 4.69) is 0 Å². The van der Waals surface area contributed by atoms with Crippen molar-refractivity contribution in [1.29, 1.82) is 0 Å². The summed E-state index contributed by atoms with van der Waals surface area (Å²) in [6.07, 6.45) is -0.0912. The maximum Gasteiger partial charge on any atom is 0.343 e. The first-order chi connectivity index (χ1) is 10.4. The Hall–Kier alpha value is -2.18. The van der Waals surface area contributed by atoms with Crippen LogP contribution in [0.4, 0.5) is 8.78 Å². The lowest BCUT2D eigenvalue weighted by molar-refractivity contribution is -0.150. The van der Waals surface area contributed by atoms with Crippen molar-refractivity contribution < 1.29 is 28.2 Å². The maximum atomic E-state index is 13.9. The Morgan fingerprint density at radius 3 is 2.77 bits per heavy atom. The van der Waals surface area contributed by atoms with Crippen LogP contribution in [0.3, 0.4) is 0 Å². The van der Waals surface area contributed by atoms with E-state index in [1.54, 1.807) is 12.1 Å². The summed E-state index contributed by atoms with van der Waals surface area (Å²) in [5.41, 5.74) is -2.05. The van der Waals surface area contributed by atoms with E-state index < -0.39 is 24.0 Å². The number of aryl methyl sites for hydroxylation is 1. The summed E-state index contributed by atoms with van der Waals surface area (Å²) in [4.78, 5) is 24.0. The predicted octanol–water partition coefficient (Wildman–Crippen LogP) is 1.79. The molecule has 1 aromatic rings. The van der Waals surface area contributed by atoms with Crippen LogP contribution in [-0.4, -0.2) is 47.8 Å². The fraction of sp³-hybridized carbons (Fsp3) is 0.467. The average Bonchev–Trinajstić information content (AvgIpc) is 2.90. The molecule has 7 heteroatoms. The Bertz CT molecular complexity index is 593. The minimum absolute atomic E-state index is 0.0141. The number of aliphatic carboxylic acids is 1. The van der Waals surface area contributed by atoms with Crippen molar-refractivity contribution in [3.8, 4) is 5.75 Å². The quantitative estimate of drug-likeness (QED) is 0.900. The average molecular weight is 313 g/mol. The lowest BCUT2D eigenvalue weighted by Crippen LogP contribution is -2.39. The highest BCUT2D eigenvalue weighted by Crippen LogP contribution is 2.27. The number of carboxylic acids is 1. The molecule has 1 heterocycles.